The number of hydrogen-bond donors (Lipinski definition) is 1. The Hall–Kier alpha value is -2.67. The third-order valence-electron chi connectivity index (χ3n) is 3.61. The van der Waals surface area contributed by atoms with Crippen molar-refractivity contribution in [2.45, 2.75) is 11.6 Å². The summed E-state index contributed by atoms with van der Waals surface area (Å²) in [5, 5.41) is 4.26. The highest BCUT2D eigenvalue weighted by molar-refractivity contribution is 7.90. The van der Waals surface area contributed by atoms with Crippen molar-refractivity contribution in [2.24, 2.45) is 0 Å². The van der Waals surface area contributed by atoms with Crippen LogP contribution < -0.4 is 5.73 Å². The maximum absolute atomic E-state index is 13.1. The molecule has 0 radical (unpaired) electrons. The number of benzene rings is 2. The van der Waals surface area contributed by atoms with Gasteiger partial charge in [-0.05, 0) is 42.5 Å². The van der Waals surface area contributed by atoms with Crippen LogP contribution in [0.25, 0.3) is 16.9 Å². The largest absolute Gasteiger partial charge is 0.399 e. The van der Waals surface area contributed by atoms with Gasteiger partial charge in [0.15, 0.2) is 9.84 Å². The summed E-state index contributed by atoms with van der Waals surface area (Å²) < 4.78 is 37.8. The van der Waals surface area contributed by atoms with E-state index in [4.69, 9.17) is 5.73 Å². The minimum atomic E-state index is -3.26. The van der Waals surface area contributed by atoms with E-state index in [2.05, 4.69) is 5.10 Å². The predicted molar refractivity (Wildman–Crippen MR) is 91.3 cm³/mol. The smallest absolute Gasteiger partial charge is 0.175 e. The number of aromatic nitrogens is 2. The van der Waals surface area contributed by atoms with Crippen molar-refractivity contribution < 1.29 is 12.8 Å². The Morgan fingerprint density at radius 3 is 2.25 bits per heavy atom. The lowest BCUT2D eigenvalue weighted by Crippen LogP contribution is -2.01. The number of rotatable bonds is 4. The first-order valence-corrected chi connectivity index (χ1v) is 9.09. The van der Waals surface area contributed by atoms with Gasteiger partial charge in [-0.3, -0.25) is 0 Å². The number of alkyl halides is 1. The first kappa shape index (κ1) is 16.2. The Morgan fingerprint density at radius 2 is 1.71 bits per heavy atom. The van der Waals surface area contributed by atoms with Gasteiger partial charge in [0.1, 0.15) is 6.67 Å². The summed E-state index contributed by atoms with van der Waals surface area (Å²) >= 11 is 0. The van der Waals surface area contributed by atoms with Crippen LogP contribution >= 0.6 is 0 Å². The fourth-order valence-corrected chi connectivity index (χ4v) is 3.02. The number of hydrogen-bond acceptors (Lipinski definition) is 4. The number of nitrogen functional groups attached to an aromatic ring is 1. The van der Waals surface area contributed by atoms with Crippen molar-refractivity contribution in [3.8, 4) is 16.9 Å². The maximum atomic E-state index is 13.1. The number of halogens is 1. The molecule has 0 spiro atoms. The van der Waals surface area contributed by atoms with Gasteiger partial charge < -0.3 is 5.73 Å². The Kier molecular flexibility index (Phi) is 4.11. The van der Waals surface area contributed by atoms with E-state index >= 15 is 0 Å². The highest BCUT2D eigenvalue weighted by atomic mass is 32.2. The number of anilines is 1. The summed E-state index contributed by atoms with van der Waals surface area (Å²) in [6.45, 7) is -0.684. The van der Waals surface area contributed by atoms with Crippen LogP contribution in [-0.4, -0.2) is 24.5 Å². The number of sulfone groups is 1. The molecule has 0 fully saturated rings. The summed E-state index contributed by atoms with van der Waals surface area (Å²) in [7, 11) is -3.26. The van der Waals surface area contributed by atoms with Gasteiger partial charge in [-0.2, -0.15) is 5.10 Å². The zero-order chi connectivity index (χ0) is 17.3. The van der Waals surface area contributed by atoms with Gasteiger partial charge in [-0.25, -0.2) is 17.5 Å². The van der Waals surface area contributed by atoms with Gasteiger partial charge >= 0.3 is 0 Å². The van der Waals surface area contributed by atoms with Crippen molar-refractivity contribution in [2.75, 3.05) is 12.0 Å². The highest BCUT2D eigenvalue weighted by Gasteiger charge is 2.13. The molecular weight excluding hydrogens is 329 g/mol. The van der Waals surface area contributed by atoms with Gasteiger partial charge in [-0.1, -0.05) is 12.1 Å². The van der Waals surface area contributed by atoms with E-state index in [1.54, 1.807) is 47.1 Å². The van der Waals surface area contributed by atoms with Gasteiger partial charge in [0.05, 0.1) is 22.0 Å². The summed E-state index contributed by atoms with van der Waals surface area (Å²) in [4.78, 5) is 0.232. The van der Waals surface area contributed by atoms with E-state index in [1.165, 1.54) is 12.1 Å². The molecule has 5 nitrogen and oxygen atoms in total. The SMILES string of the molecule is CS(=O)(=O)c1ccc(-c2cc(CF)nn2-c2ccc(N)cc2)cc1. The average Bonchev–Trinajstić information content (AvgIpc) is 2.99. The van der Waals surface area contributed by atoms with E-state index in [9.17, 15) is 12.8 Å². The molecule has 0 unspecified atom stereocenters. The van der Waals surface area contributed by atoms with Gasteiger partial charge in [0.25, 0.3) is 0 Å². The van der Waals surface area contributed by atoms with Crippen LogP contribution in [0.4, 0.5) is 10.1 Å². The van der Waals surface area contributed by atoms with Crippen molar-refractivity contribution in [3.05, 3.63) is 60.3 Å². The van der Waals surface area contributed by atoms with Crippen LogP contribution in [0, 0.1) is 0 Å². The predicted octanol–water partition coefficient (Wildman–Crippen LogP) is 2.99. The Balaban J connectivity index is 2.10. The lowest BCUT2D eigenvalue weighted by molar-refractivity contribution is 0.473. The Morgan fingerprint density at radius 1 is 1.08 bits per heavy atom. The summed E-state index contributed by atoms with van der Waals surface area (Å²) in [5.74, 6) is 0. The summed E-state index contributed by atoms with van der Waals surface area (Å²) in [6.07, 6.45) is 1.15. The van der Waals surface area contributed by atoms with Crippen LogP contribution in [0.5, 0.6) is 0 Å². The van der Waals surface area contributed by atoms with Crippen LogP contribution in [0.3, 0.4) is 0 Å². The highest BCUT2D eigenvalue weighted by Crippen LogP contribution is 2.26. The van der Waals surface area contributed by atoms with Crippen LogP contribution in [0.2, 0.25) is 0 Å². The quantitative estimate of drug-likeness (QED) is 0.737. The van der Waals surface area contributed by atoms with E-state index in [0.717, 1.165) is 17.5 Å². The van der Waals surface area contributed by atoms with Crippen LogP contribution in [-0.2, 0) is 16.5 Å². The molecule has 2 N–H and O–H groups in total. The van der Waals surface area contributed by atoms with Crippen LogP contribution in [0.1, 0.15) is 5.69 Å². The minimum Gasteiger partial charge on any atom is -0.399 e. The molecule has 2 aromatic carbocycles. The molecule has 0 saturated carbocycles. The second-order valence-corrected chi connectivity index (χ2v) is 7.47. The normalized spacial score (nSPS) is 11.6. The molecular formula is C17H16FN3O2S. The fourth-order valence-electron chi connectivity index (χ4n) is 2.39. The molecule has 0 aliphatic carbocycles. The zero-order valence-corrected chi connectivity index (χ0v) is 13.8. The molecule has 24 heavy (non-hydrogen) atoms. The summed E-state index contributed by atoms with van der Waals surface area (Å²) in [5.41, 5.74) is 8.77. The molecule has 3 aromatic rings. The third kappa shape index (κ3) is 3.16. The molecule has 7 heteroatoms. The standard InChI is InChI=1S/C17H16FN3O2S/c1-24(22,23)16-8-2-12(3-9-16)17-10-14(11-18)20-21(17)15-6-4-13(19)5-7-15/h2-10H,11,19H2,1H3. The van der Waals surface area contributed by atoms with Gasteiger partial charge in [0, 0.05) is 17.5 Å². The summed E-state index contributed by atoms with van der Waals surface area (Å²) in [6, 6.07) is 15.1. The second-order valence-electron chi connectivity index (χ2n) is 5.45. The molecule has 124 valence electrons. The number of nitrogens with zero attached hydrogens (tertiary/aromatic N) is 2. The van der Waals surface area contributed by atoms with Crippen LogP contribution in [0.15, 0.2) is 59.5 Å². The molecule has 0 bridgehead atoms. The fraction of sp³-hybridized carbons (Fsp3) is 0.118. The first-order chi connectivity index (χ1) is 11.4. The lowest BCUT2D eigenvalue weighted by Gasteiger charge is -2.08. The molecule has 0 aliphatic heterocycles. The second kappa shape index (κ2) is 6.09. The average molecular weight is 345 g/mol. The van der Waals surface area contributed by atoms with E-state index < -0.39 is 16.5 Å². The molecule has 0 amide bonds. The Bertz CT molecular complexity index is 962. The van der Waals surface area contributed by atoms with Crippen molar-refractivity contribution in [1.82, 2.24) is 9.78 Å². The Labute approximate surface area is 139 Å². The number of nitrogens with two attached hydrogens (primary N) is 1. The van der Waals surface area contributed by atoms with Crippen molar-refractivity contribution >= 4 is 15.5 Å². The monoisotopic (exact) mass is 345 g/mol. The molecule has 1 heterocycles. The van der Waals surface area contributed by atoms with Crippen molar-refractivity contribution in [1.29, 1.82) is 0 Å². The van der Waals surface area contributed by atoms with Gasteiger partial charge in [0.2, 0.25) is 0 Å². The zero-order valence-electron chi connectivity index (χ0n) is 13.0. The van der Waals surface area contributed by atoms with E-state index in [0.29, 0.717) is 17.1 Å². The molecule has 0 saturated heterocycles. The molecule has 0 atom stereocenters. The molecule has 1 aromatic heterocycles. The topological polar surface area (TPSA) is 78.0 Å². The lowest BCUT2D eigenvalue weighted by atomic mass is 10.1. The van der Waals surface area contributed by atoms with Gasteiger partial charge in [-0.15, -0.1) is 0 Å². The van der Waals surface area contributed by atoms with E-state index in [1.807, 2.05) is 0 Å². The molecule has 3 rings (SSSR count). The molecule has 0 aliphatic rings. The first-order valence-electron chi connectivity index (χ1n) is 7.20. The third-order valence-corrected chi connectivity index (χ3v) is 4.74. The van der Waals surface area contributed by atoms with Crippen molar-refractivity contribution in [3.63, 3.8) is 0 Å². The maximum Gasteiger partial charge on any atom is 0.175 e. The van der Waals surface area contributed by atoms with E-state index in [-0.39, 0.29) is 4.90 Å². The minimum absolute atomic E-state index is 0.232.